The van der Waals surface area contributed by atoms with Crippen LogP contribution >= 0.6 is 0 Å². The van der Waals surface area contributed by atoms with Crippen molar-refractivity contribution in [1.82, 2.24) is 24.1 Å². The molecule has 7 nitrogen and oxygen atoms in total. The Morgan fingerprint density at radius 2 is 1.77 bits per heavy atom. The lowest BCUT2D eigenvalue weighted by Gasteiger charge is -2.10. The lowest BCUT2D eigenvalue weighted by molar-refractivity contribution is 0.585. The van der Waals surface area contributed by atoms with Gasteiger partial charge in [-0.3, -0.25) is 14.1 Å². The van der Waals surface area contributed by atoms with E-state index in [1.807, 2.05) is 36.7 Å². The van der Waals surface area contributed by atoms with Crippen molar-refractivity contribution in [1.29, 1.82) is 0 Å². The molecule has 0 amide bonds. The molecule has 0 atom stereocenters. The Kier molecular flexibility index (Phi) is 5.47. The van der Waals surface area contributed by atoms with Crippen LogP contribution in [0.25, 0.3) is 39.3 Å². The smallest absolute Gasteiger partial charge is 0.153 e. The Balaban J connectivity index is 1.66. The highest BCUT2D eigenvalue weighted by atomic mass is 32.2. The predicted molar refractivity (Wildman–Crippen MR) is 129 cm³/mol. The van der Waals surface area contributed by atoms with Crippen molar-refractivity contribution in [2.24, 2.45) is 7.05 Å². The van der Waals surface area contributed by atoms with Gasteiger partial charge in [-0.25, -0.2) is 22.2 Å². The molecule has 35 heavy (non-hydrogen) atoms. The van der Waals surface area contributed by atoms with Crippen molar-refractivity contribution in [3.8, 4) is 33.6 Å². The summed E-state index contributed by atoms with van der Waals surface area (Å²) in [7, 11) is -1.53. The second-order valence-corrected chi connectivity index (χ2v) is 10.6. The maximum atomic E-state index is 14.6. The van der Waals surface area contributed by atoms with Crippen LogP contribution in [0.3, 0.4) is 0 Å². The van der Waals surface area contributed by atoms with E-state index >= 15 is 0 Å². The molecule has 0 saturated carbocycles. The molecule has 4 aromatic heterocycles. The molecule has 1 aromatic carbocycles. The van der Waals surface area contributed by atoms with E-state index < -0.39 is 21.5 Å². The van der Waals surface area contributed by atoms with E-state index in [-0.39, 0.29) is 22.7 Å². The number of aryl methyl sites for hydroxylation is 1. The van der Waals surface area contributed by atoms with Gasteiger partial charge in [0, 0.05) is 48.0 Å². The first-order chi connectivity index (χ1) is 16.6. The van der Waals surface area contributed by atoms with E-state index in [0.717, 1.165) is 35.2 Å². The number of hydrogen-bond donors (Lipinski definition) is 0. The number of fused-ring (bicyclic) bond motifs is 1. The van der Waals surface area contributed by atoms with Crippen LogP contribution < -0.4 is 0 Å². The molecule has 0 aliphatic rings. The summed E-state index contributed by atoms with van der Waals surface area (Å²) < 4.78 is 55.6. The zero-order valence-corrected chi connectivity index (χ0v) is 20.0. The molecular weight excluding hydrogens is 472 g/mol. The van der Waals surface area contributed by atoms with Gasteiger partial charge in [0.05, 0.1) is 35.2 Å². The number of aromatic nitrogens is 5. The molecule has 178 valence electrons. The molecule has 10 heteroatoms. The molecule has 0 spiro atoms. The number of benzene rings is 1. The van der Waals surface area contributed by atoms with Gasteiger partial charge in [-0.2, -0.15) is 5.10 Å². The lowest BCUT2D eigenvalue weighted by Crippen LogP contribution is -2.04. The molecule has 0 aliphatic heterocycles. The Bertz CT molecular complexity index is 1710. The lowest BCUT2D eigenvalue weighted by atomic mass is 10.1. The van der Waals surface area contributed by atoms with E-state index in [1.54, 1.807) is 29.2 Å². The summed E-state index contributed by atoms with van der Waals surface area (Å²) in [5, 5.41) is 4.29. The fourth-order valence-corrected chi connectivity index (χ4v) is 4.74. The average molecular weight is 494 g/mol. The number of nitrogens with zero attached hydrogens (tertiary/aromatic N) is 5. The highest BCUT2D eigenvalue weighted by Crippen LogP contribution is 2.31. The number of rotatable bonds is 5. The fraction of sp³-hybridized carbons (Fsp3) is 0.160. The van der Waals surface area contributed by atoms with Crippen molar-refractivity contribution in [2.75, 3.05) is 6.26 Å². The minimum absolute atomic E-state index is 0.0751. The summed E-state index contributed by atoms with van der Waals surface area (Å²) >= 11 is 0. The molecule has 0 radical (unpaired) electrons. The third-order valence-corrected chi connectivity index (χ3v) is 6.67. The van der Waals surface area contributed by atoms with Crippen LogP contribution in [0.2, 0.25) is 0 Å². The SMILES string of the molecule is Cc1c(-c2ccn3c(-c4cc(CS(C)(=O)=O)nc(-c5ccc(F)cc5F)c4)cnc3c2)cnn1C. The van der Waals surface area contributed by atoms with Crippen molar-refractivity contribution in [3.05, 3.63) is 84.1 Å². The van der Waals surface area contributed by atoms with Crippen LogP contribution in [0.15, 0.2) is 61.1 Å². The number of pyridine rings is 2. The first-order valence-corrected chi connectivity index (χ1v) is 12.8. The number of imidazole rings is 1. The van der Waals surface area contributed by atoms with Crippen LogP contribution in [0.4, 0.5) is 8.78 Å². The first-order valence-electron chi connectivity index (χ1n) is 10.7. The molecule has 0 unspecified atom stereocenters. The van der Waals surface area contributed by atoms with Crippen LogP contribution in [-0.4, -0.2) is 38.8 Å². The number of sulfone groups is 1. The fourth-order valence-electron chi connectivity index (χ4n) is 4.06. The highest BCUT2D eigenvalue weighted by molar-refractivity contribution is 7.89. The summed E-state index contributed by atoms with van der Waals surface area (Å²) in [4.78, 5) is 8.88. The van der Waals surface area contributed by atoms with E-state index in [9.17, 15) is 17.2 Å². The van der Waals surface area contributed by atoms with Crippen LogP contribution in [0.5, 0.6) is 0 Å². The quantitative estimate of drug-likeness (QED) is 0.358. The Hall–Kier alpha value is -3.92. The van der Waals surface area contributed by atoms with Gasteiger partial charge in [-0.05, 0) is 48.9 Å². The highest BCUT2D eigenvalue weighted by Gasteiger charge is 2.17. The van der Waals surface area contributed by atoms with Crippen LogP contribution in [0, 0.1) is 18.6 Å². The number of halogens is 2. The predicted octanol–water partition coefficient (Wildman–Crippen LogP) is 4.60. The zero-order valence-electron chi connectivity index (χ0n) is 19.2. The molecule has 0 fully saturated rings. The van der Waals surface area contributed by atoms with Gasteiger partial charge in [-0.1, -0.05) is 0 Å². The first kappa shape index (κ1) is 22.9. The van der Waals surface area contributed by atoms with Gasteiger partial charge in [0.1, 0.15) is 17.3 Å². The third-order valence-electron chi connectivity index (χ3n) is 5.85. The van der Waals surface area contributed by atoms with Gasteiger partial charge in [0.2, 0.25) is 0 Å². The Labute approximate surface area is 200 Å². The minimum atomic E-state index is -3.41. The van der Waals surface area contributed by atoms with Gasteiger partial charge in [-0.15, -0.1) is 0 Å². The van der Waals surface area contributed by atoms with Gasteiger partial charge in [0.25, 0.3) is 0 Å². The third kappa shape index (κ3) is 4.44. The molecule has 0 bridgehead atoms. The van der Waals surface area contributed by atoms with Crippen LogP contribution in [0.1, 0.15) is 11.4 Å². The van der Waals surface area contributed by atoms with E-state index in [4.69, 9.17) is 0 Å². The molecular formula is C25H21F2N5O2S. The van der Waals surface area contributed by atoms with E-state index in [0.29, 0.717) is 16.9 Å². The Morgan fingerprint density at radius 1 is 0.971 bits per heavy atom. The molecule has 5 aromatic rings. The van der Waals surface area contributed by atoms with Gasteiger partial charge < -0.3 is 0 Å². The van der Waals surface area contributed by atoms with Gasteiger partial charge >= 0.3 is 0 Å². The summed E-state index contributed by atoms with van der Waals surface area (Å²) in [6.45, 7) is 1.99. The van der Waals surface area contributed by atoms with E-state index in [1.165, 1.54) is 6.07 Å². The van der Waals surface area contributed by atoms with Gasteiger partial charge in [0.15, 0.2) is 9.84 Å². The monoisotopic (exact) mass is 493 g/mol. The topological polar surface area (TPSA) is 82.2 Å². The standard InChI is InChI=1S/C25H21F2N5O2S/c1-15-21(12-29-31(15)2)16-6-7-32-24(13-28-25(32)10-16)17-8-19(14-35(3,33)34)30-23(9-17)20-5-4-18(26)11-22(20)27/h4-13H,14H2,1-3H3. The second kappa shape index (κ2) is 8.38. The molecule has 0 N–H and O–H groups in total. The maximum absolute atomic E-state index is 14.6. The van der Waals surface area contributed by atoms with Crippen molar-refractivity contribution < 1.29 is 17.2 Å². The molecule has 0 saturated heterocycles. The normalized spacial score (nSPS) is 11.9. The minimum Gasteiger partial charge on any atom is -0.300 e. The summed E-state index contributed by atoms with van der Waals surface area (Å²) in [6.07, 6.45) is 6.44. The summed E-state index contributed by atoms with van der Waals surface area (Å²) in [5.41, 5.74) is 5.47. The summed E-state index contributed by atoms with van der Waals surface area (Å²) in [5.74, 6) is -1.81. The summed E-state index contributed by atoms with van der Waals surface area (Å²) in [6, 6.07) is 10.4. The number of hydrogen-bond acceptors (Lipinski definition) is 5. The second-order valence-electron chi connectivity index (χ2n) is 8.48. The zero-order chi connectivity index (χ0) is 24.9. The maximum Gasteiger partial charge on any atom is 0.153 e. The van der Waals surface area contributed by atoms with Crippen molar-refractivity contribution >= 4 is 15.5 Å². The largest absolute Gasteiger partial charge is 0.300 e. The van der Waals surface area contributed by atoms with Crippen molar-refractivity contribution in [3.63, 3.8) is 0 Å². The molecule has 5 rings (SSSR count). The molecule has 4 heterocycles. The Morgan fingerprint density at radius 3 is 2.46 bits per heavy atom. The molecule has 0 aliphatic carbocycles. The van der Waals surface area contributed by atoms with Crippen LogP contribution in [-0.2, 0) is 22.6 Å². The average Bonchev–Trinajstić information content (AvgIpc) is 3.35. The van der Waals surface area contributed by atoms with E-state index in [2.05, 4.69) is 15.1 Å². The van der Waals surface area contributed by atoms with Crippen molar-refractivity contribution in [2.45, 2.75) is 12.7 Å².